The summed E-state index contributed by atoms with van der Waals surface area (Å²) in [5.41, 5.74) is 0.659. The Balaban J connectivity index is 4.07. The summed E-state index contributed by atoms with van der Waals surface area (Å²) in [4.78, 5) is 11.5. The number of allylic oxidation sites excluding steroid dienone is 1. The molecule has 0 amide bonds. The highest BCUT2D eigenvalue weighted by atomic mass is 16.5. The first kappa shape index (κ1) is 13.3. The average Bonchev–Trinajstić information content (AvgIpc) is 2.13. The second kappa shape index (κ2) is 6.74. The van der Waals surface area contributed by atoms with E-state index in [1.54, 1.807) is 20.1 Å². The Morgan fingerprint density at radius 3 is 2.50 bits per heavy atom. The summed E-state index contributed by atoms with van der Waals surface area (Å²) in [5, 5.41) is 9.49. The molecule has 0 aliphatic carbocycles. The first-order chi connectivity index (χ1) is 6.49. The fourth-order valence-corrected chi connectivity index (χ4v) is 0.909. The van der Waals surface area contributed by atoms with Crippen molar-refractivity contribution in [2.24, 2.45) is 5.92 Å². The topological polar surface area (TPSA) is 46.5 Å². The molecule has 0 rings (SSSR count). The van der Waals surface area contributed by atoms with Crippen LogP contribution in [0.4, 0.5) is 0 Å². The summed E-state index contributed by atoms with van der Waals surface area (Å²) in [7, 11) is 1.58. The summed E-state index contributed by atoms with van der Waals surface area (Å²) in [6, 6.07) is 0. The Hall–Kier alpha value is -0.670. The van der Waals surface area contributed by atoms with Crippen LogP contribution in [-0.2, 0) is 9.53 Å². The summed E-state index contributed by atoms with van der Waals surface area (Å²) in [6.07, 6.45) is 1.38. The zero-order valence-corrected chi connectivity index (χ0v) is 9.41. The molecule has 0 aliphatic heterocycles. The van der Waals surface area contributed by atoms with Crippen LogP contribution in [0.2, 0.25) is 0 Å². The molecule has 1 atom stereocenters. The van der Waals surface area contributed by atoms with Crippen LogP contribution >= 0.6 is 0 Å². The molecule has 3 heteroatoms. The minimum absolute atomic E-state index is 0.0109. The molecule has 0 saturated carbocycles. The molecule has 0 spiro atoms. The Kier molecular flexibility index (Phi) is 6.41. The molecule has 0 bridgehead atoms. The number of Topliss-reactive ketones (excluding diaryl/α,β-unsaturated/α-hetero) is 1. The van der Waals surface area contributed by atoms with E-state index in [0.717, 1.165) is 0 Å². The molecule has 82 valence electrons. The van der Waals surface area contributed by atoms with Gasteiger partial charge in [-0.1, -0.05) is 19.9 Å². The predicted molar refractivity (Wildman–Crippen MR) is 56.1 cm³/mol. The number of ketones is 1. The quantitative estimate of drug-likeness (QED) is 0.662. The number of aliphatic hydroxyl groups is 1. The number of carbonyl (C=O) groups is 1. The van der Waals surface area contributed by atoms with Crippen LogP contribution in [0.15, 0.2) is 11.6 Å². The maximum Gasteiger partial charge on any atom is 0.160 e. The number of methoxy groups -OCH3 is 1. The number of carbonyl (C=O) groups excluding carboxylic acids is 1. The van der Waals surface area contributed by atoms with Crippen molar-refractivity contribution < 1.29 is 14.6 Å². The van der Waals surface area contributed by atoms with E-state index >= 15 is 0 Å². The zero-order chi connectivity index (χ0) is 11.1. The zero-order valence-electron chi connectivity index (χ0n) is 9.41. The van der Waals surface area contributed by atoms with Gasteiger partial charge in [-0.25, -0.2) is 0 Å². The van der Waals surface area contributed by atoms with Gasteiger partial charge in [-0.15, -0.1) is 0 Å². The van der Waals surface area contributed by atoms with Gasteiger partial charge in [0.25, 0.3) is 0 Å². The summed E-state index contributed by atoms with van der Waals surface area (Å²) in [5.74, 6) is 0.109. The lowest BCUT2D eigenvalue weighted by Crippen LogP contribution is -2.19. The minimum Gasteiger partial charge on any atom is -0.392 e. The molecule has 0 aromatic heterocycles. The van der Waals surface area contributed by atoms with Gasteiger partial charge in [0.2, 0.25) is 0 Å². The normalized spacial score (nSPS) is 14.6. The second-order valence-electron chi connectivity index (χ2n) is 3.78. The second-order valence-corrected chi connectivity index (χ2v) is 3.78. The molecule has 3 nitrogen and oxygen atoms in total. The lowest BCUT2D eigenvalue weighted by molar-refractivity contribution is -0.117. The van der Waals surface area contributed by atoms with Crippen molar-refractivity contribution in [2.75, 3.05) is 13.7 Å². The fraction of sp³-hybridized carbons (Fsp3) is 0.727. The van der Waals surface area contributed by atoms with E-state index in [1.165, 1.54) is 0 Å². The first-order valence-corrected chi connectivity index (χ1v) is 4.86. The molecule has 0 aromatic carbocycles. The Labute approximate surface area is 85.8 Å². The summed E-state index contributed by atoms with van der Waals surface area (Å²) in [6.45, 7) is 5.97. The molecule has 0 aliphatic rings. The van der Waals surface area contributed by atoms with Crippen molar-refractivity contribution in [1.82, 2.24) is 0 Å². The molecule has 0 fully saturated rings. The molecule has 14 heavy (non-hydrogen) atoms. The van der Waals surface area contributed by atoms with Crippen LogP contribution in [0.3, 0.4) is 0 Å². The number of hydrogen-bond donors (Lipinski definition) is 1. The van der Waals surface area contributed by atoms with E-state index in [2.05, 4.69) is 0 Å². The molecule has 0 heterocycles. The Morgan fingerprint density at radius 2 is 2.07 bits per heavy atom. The third-order valence-electron chi connectivity index (χ3n) is 2.16. The Bertz CT molecular complexity index is 207. The van der Waals surface area contributed by atoms with Gasteiger partial charge in [0.15, 0.2) is 5.78 Å². The number of aliphatic hydroxyl groups excluding tert-OH is 1. The highest BCUT2D eigenvalue weighted by Gasteiger charge is 2.14. The van der Waals surface area contributed by atoms with Crippen molar-refractivity contribution in [3.05, 3.63) is 11.6 Å². The van der Waals surface area contributed by atoms with Crippen LogP contribution in [0, 0.1) is 5.92 Å². The highest BCUT2D eigenvalue weighted by Crippen LogP contribution is 2.09. The monoisotopic (exact) mass is 200 g/mol. The molecule has 0 aromatic rings. The molecule has 0 radical (unpaired) electrons. The van der Waals surface area contributed by atoms with Gasteiger partial charge < -0.3 is 9.84 Å². The maximum atomic E-state index is 11.5. The SMILES string of the molecule is COC/C=C(\C)C(=O)CC(O)C(C)C. The van der Waals surface area contributed by atoms with E-state index in [4.69, 9.17) is 4.74 Å². The molecular formula is C11H20O3. The van der Waals surface area contributed by atoms with Crippen molar-refractivity contribution in [3.8, 4) is 0 Å². The summed E-state index contributed by atoms with van der Waals surface area (Å²) >= 11 is 0. The van der Waals surface area contributed by atoms with Crippen molar-refractivity contribution >= 4 is 5.78 Å². The van der Waals surface area contributed by atoms with Gasteiger partial charge in [-0.2, -0.15) is 0 Å². The largest absolute Gasteiger partial charge is 0.392 e. The number of rotatable bonds is 6. The van der Waals surface area contributed by atoms with Crippen LogP contribution in [0.1, 0.15) is 27.2 Å². The minimum atomic E-state index is -0.548. The molecular weight excluding hydrogens is 180 g/mol. The summed E-state index contributed by atoms with van der Waals surface area (Å²) < 4.78 is 4.82. The fourth-order valence-electron chi connectivity index (χ4n) is 0.909. The highest BCUT2D eigenvalue weighted by molar-refractivity contribution is 5.95. The van der Waals surface area contributed by atoms with Crippen LogP contribution in [-0.4, -0.2) is 30.7 Å². The molecule has 0 saturated heterocycles. The van der Waals surface area contributed by atoms with Gasteiger partial charge >= 0.3 is 0 Å². The smallest absolute Gasteiger partial charge is 0.160 e. The van der Waals surface area contributed by atoms with Gasteiger partial charge in [0.1, 0.15) is 0 Å². The van der Waals surface area contributed by atoms with E-state index in [1.807, 2.05) is 13.8 Å². The van der Waals surface area contributed by atoms with Gasteiger partial charge in [-0.3, -0.25) is 4.79 Å². The first-order valence-electron chi connectivity index (χ1n) is 4.86. The van der Waals surface area contributed by atoms with Gasteiger partial charge in [-0.05, 0) is 18.4 Å². The van der Waals surface area contributed by atoms with Gasteiger partial charge in [0.05, 0.1) is 12.7 Å². The van der Waals surface area contributed by atoms with Crippen LogP contribution in [0.5, 0.6) is 0 Å². The third kappa shape index (κ3) is 5.14. The Morgan fingerprint density at radius 1 is 1.50 bits per heavy atom. The van der Waals surface area contributed by atoms with Gasteiger partial charge in [0, 0.05) is 13.5 Å². The lowest BCUT2D eigenvalue weighted by atomic mass is 9.99. The van der Waals surface area contributed by atoms with E-state index in [-0.39, 0.29) is 18.1 Å². The standard InChI is InChI=1S/C11H20O3/c1-8(2)10(12)7-11(13)9(3)5-6-14-4/h5,8,10,12H,6-7H2,1-4H3/b9-5+. The average molecular weight is 200 g/mol. The van der Waals surface area contributed by atoms with Crippen LogP contribution in [0.25, 0.3) is 0 Å². The number of ether oxygens (including phenoxy) is 1. The van der Waals surface area contributed by atoms with E-state index < -0.39 is 6.10 Å². The van der Waals surface area contributed by atoms with E-state index in [9.17, 15) is 9.90 Å². The van der Waals surface area contributed by atoms with E-state index in [0.29, 0.717) is 12.2 Å². The van der Waals surface area contributed by atoms with Crippen molar-refractivity contribution in [1.29, 1.82) is 0 Å². The van der Waals surface area contributed by atoms with Crippen molar-refractivity contribution in [3.63, 3.8) is 0 Å². The third-order valence-corrected chi connectivity index (χ3v) is 2.16. The molecule has 1 N–H and O–H groups in total. The van der Waals surface area contributed by atoms with Crippen molar-refractivity contribution in [2.45, 2.75) is 33.3 Å². The number of hydrogen-bond acceptors (Lipinski definition) is 3. The lowest BCUT2D eigenvalue weighted by Gasteiger charge is -2.13. The predicted octanol–water partition coefficient (Wildman–Crippen LogP) is 1.56. The molecule has 1 unspecified atom stereocenters. The van der Waals surface area contributed by atoms with Crippen LogP contribution < -0.4 is 0 Å². The maximum absolute atomic E-state index is 11.5.